The van der Waals surface area contributed by atoms with Crippen LogP contribution in [0.1, 0.15) is 42.4 Å². The third kappa shape index (κ3) is 5.66. The number of hydrogen-bond donors (Lipinski definition) is 1. The van der Waals surface area contributed by atoms with E-state index in [0.29, 0.717) is 39.3 Å². The fourth-order valence-electron chi connectivity index (χ4n) is 9.28. The number of imide groups is 2. The maximum absolute atomic E-state index is 14.7. The number of phenols is 1. The molecule has 6 unspecified atom stereocenters. The highest BCUT2D eigenvalue weighted by Gasteiger charge is 2.67. The molecular formula is C44H39BrN2O8. The number of benzene rings is 4. The van der Waals surface area contributed by atoms with E-state index >= 15 is 0 Å². The molecule has 2 saturated heterocycles. The summed E-state index contributed by atoms with van der Waals surface area (Å²) in [7, 11) is 4.66. The topological polar surface area (TPSA) is 123 Å². The summed E-state index contributed by atoms with van der Waals surface area (Å²) in [5, 5.41) is 10.7. The van der Waals surface area contributed by atoms with Gasteiger partial charge in [0.25, 0.3) is 0 Å². The predicted molar refractivity (Wildman–Crippen MR) is 211 cm³/mol. The number of amides is 4. The summed E-state index contributed by atoms with van der Waals surface area (Å²) in [4.78, 5) is 60.4. The van der Waals surface area contributed by atoms with Crippen LogP contribution >= 0.6 is 15.9 Å². The zero-order valence-corrected chi connectivity index (χ0v) is 32.3. The van der Waals surface area contributed by atoms with Crippen molar-refractivity contribution in [2.24, 2.45) is 29.1 Å². The summed E-state index contributed by atoms with van der Waals surface area (Å²) in [6, 6.07) is 25.1. The van der Waals surface area contributed by atoms with Crippen molar-refractivity contribution < 1.29 is 38.5 Å². The van der Waals surface area contributed by atoms with Crippen LogP contribution in [0.25, 0.3) is 12.2 Å². The third-order valence-electron chi connectivity index (χ3n) is 11.9. The second-order valence-corrected chi connectivity index (χ2v) is 15.4. The van der Waals surface area contributed by atoms with E-state index in [4.69, 9.17) is 14.2 Å². The van der Waals surface area contributed by atoms with E-state index in [1.165, 1.54) is 16.9 Å². The molecular weight excluding hydrogens is 764 g/mol. The highest BCUT2D eigenvalue weighted by atomic mass is 79.9. The first kappa shape index (κ1) is 36.3. The molecule has 0 aromatic heterocycles. The molecule has 1 N–H and O–H groups in total. The van der Waals surface area contributed by atoms with Crippen LogP contribution in [0.2, 0.25) is 0 Å². The Morgan fingerprint density at radius 2 is 1.47 bits per heavy atom. The number of halogens is 1. The lowest BCUT2D eigenvalue weighted by atomic mass is 9.51. The van der Waals surface area contributed by atoms with E-state index in [9.17, 15) is 24.3 Å². The van der Waals surface area contributed by atoms with Gasteiger partial charge in [0, 0.05) is 11.5 Å². The molecule has 55 heavy (non-hydrogen) atoms. The van der Waals surface area contributed by atoms with Gasteiger partial charge in [0.2, 0.25) is 23.6 Å². The largest absolute Gasteiger partial charge is 0.503 e. The summed E-state index contributed by atoms with van der Waals surface area (Å²) < 4.78 is 16.8. The summed E-state index contributed by atoms with van der Waals surface area (Å²) in [6.45, 7) is 1.83. The summed E-state index contributed by atoms with van der Waals surface area (Å²) in [5.41, 5.74) is 2.89. The predicted octanol–water partition coefficient (Wildman–Crippen LogP) is 7.79. The normalized spacial score (nSPS) is 25.8. The Morgan fingerprint density at radius 3 is 2.16 bits per heavy atom. The van der Waals surface area contributed by atoms with Gasteiger partial charge >= 0.3 is 0 Å². The lowest BCUT2D eigenvalue weighted by Crippen LogP contribution is -2.48. The SMILES string of the molecule is COc1ccc(OC)c(C=Cc2ccc(N3C(=O)C4CC=C5C(CC6C(=O)N(c7ccccc7)C(=O)C6(C)C5c5cc(Br)c(O)c(OC)c5)C4C3=O)cc2)c1. The van der Waals surface area contributed by atoms with E-state index in [0.717, 1.165) is 16.7 Å². The Labute approximate surface area is 327 Å². The third-order valence-corrected chi connectivity index (χ3v) is 12.5. The number of fused-ring (bicyclic) bond motifs is 4. The van der Waals surface area contributed by atoms with Crippen molar-refractivity contribution in [3.8, 4) is 23.0 Å². The molecule has 0 spiro atoms. The highest BCUT2D eigenvalue weighted by molar-refractivity contribution is 9.10. The van der Waals surface area contributed by atoms with Crippen LogP contribution in [-0.2, 0) is 19.2 Å². The van der Waals surface area contributed by atoms with Crippen molar-refractivity contribution in [3.63, 3.8) is 0 Å². The fourth-order valence-corrected chi connectivity index (χ4v) is 9.74. The van der Waals surface area contributed by atoms with E-state index in [1.807, 2.05) is 61.5 Å². The van der Waals surface area contributed by atoms with Crippen LogP contribution in [0, 0.1) is 29.1 Å². The Bertz CT molecular complexity index is 2300. The van der Waals surface area contributed by atoms with Gasteiger partial charge in [-0.3, -0.25) is 24.1 Å². The number of para-hydroxylation sites is 1. The molecule has 6 atom stereocenters. The molecule has 4 amide bonds. The lowest BCUT2D eigenvalue weighted by molar-refractivity contribution is -0.131. The van der Waals surface area contributed by atoms with Gasteiger partial charge in [0.05, 0.1) is 60.3 Å². The van der Waals surface area contributed by atoms with Gasteiger partial charge < -0.3 is 19.3 Å². The molecule has 3 fully saturated rings. The monoisotopic (exact) mass is 802 g/mol. The van der Waals surface area contributed by atoms with Crippen LogP contribution < -0.4 is 24.0 Å². The summed E-state index contributed by atoms with van der Waals surface area (Å²) in [6.07, 6.45) is 6.37. The molecule has 0 radical (unpaired) electrons. The van der Waals surface area contributed by atoms with Crippen LogP contribution in [0.15, 0.2) is 101 Å². The van der Waals surface area contributed by atoms with Gasteiger partial charge in [-0.1, -0.05) is 54.1 Å². The number of rotatable bonds is 8. The minimum atomic E-state index is -1.23. The molecule has 280 valence electrons. The molecule has 4 aromatic carbocycles. The Hall–Kier alpha value is -5.68. The summed E-state index contributed by atoms with van der Waals surface area (Å²) in [5.74, 6) is -3.05. The Morgan fingerprint density at radius 1 is 0.764 bits per heavy atom. The molecule has 1 saturated carbocycles. The number of allylic oxidation sites excluding steroid dienone is 2. The van der Waals surface area contributed by atoms with Gasteiger partial charge in [-0.2, -0.15) is 0 Å². The zero-order valence-electron chi connectivity index (χ0n) is 30.7. The standard InChI is InChI=1S/C44H39BrN2O8/c1-44-33(41(50)47(43(44)52)27-8-6-5-7-9-27)23-32-30(38(44)26-21-34(45)39(48)36(22-26)55-4)17-18-31-37(32)42(51)46(40(31)49)28-14-11-24(12-15-28)10-13-25-20-29(53-2)16-19-35(25)54-3/h5-17,19-22,31-33,37-38,48H,18,23H2,1-4H3. The molecule has 0 bridgehead atoms. The first-order valence-electron chi connectivity index (χ1n) is 18.1. The molecule has 2 heterocycles. The van der Waals surface area contributed by atoms with E-state index in [-0.39, 0.29) is 41.5 Å². The van der Waals surface area contributed by atoms with Crippen molar-refractivity contribution in [2.45, 2.75) is 25.7 Å². The van der Waals surface area contributed by atoms with Gasteiger partial charge in [-0.15, -0.1) is 0 Å². The number of nitrogens with zero attached hydrogens (tertiary/aromatic N) is 2. The molecule has 2 aliphatic carbocycles. The molecule has 2 aliphatic heterocycles. The zero-order chi connectivity index (χ0) is 38.8. The number of anilines is 2. The first-order valence-corrected chi connectivity index (χ1v) is 18.9. The average molecular weight is 804 g/mol. The molecule has 10 nitrogen and oxygen atoms in total. The lowest BCUT2D eigenvalue weighted by Gasteiger charge is -2.49. The minimum Gasteiger partial charge on any atom is -0.503 e. The Balaban J connectivity index is 1.15. The average Bonchev–Trinajstić information content (AvgIpc) is 3.57. The second-order valence-electron chi connectivity index (χ2n) is 14.6. The number of aromatic hydroxyl groups is 1. The van der Waals surface area contributed by atoms with E-state index in [2.05, 4.69) is 15.9 Å². The number of carbonyl (C=O) groups is 4. The number of ether oxygens (including phenoxy) is 3. The van der Waals surface area contributed by atoms with E-state index < -0.39 is 35.0 Å². The minimum absolute atomic E-state index is 0.0912. The maximum Gasteiger partial charge on any atom is 0.241 e. The number of carbonyl (C=O) groups excluding carboxylic acids is 4. The van der Waals surface area contributed by atoms with Crippen molar-refractivity contribution >= 4 is 63.1 Å². The smallest absolute Gasteiger partial charge is 0.241 e. The van der Waals surface area contributed by atoms with Crippen LogP contribution in [0.4, 0.5) is 11.4 Å². The van der Waals surface area contributed by atoms with Gasteiger partial charge in [0.1, 0.15) is 11.5 Å². The molecule has 11 heteroatoms. The highest BCUT2D eigenvalue weighted by Crippen LogP contribution is 2.64. The van der Waals surface area contributed by atoms with E-state index in [1.54, 1.807) is 62.8 Å². The van der Waals surface area contributed by atoms with Crippen molar-refractivity contribution in [1.82, 2.24) is 0 Å². The first-order chi connectivity index (χ1) is 26.5. The van der Waals surface area contributed by atoms with Crippen LogP contribution in [-0.4, -0.2) is 50.1 Å². The Kier molecular flexibility index (Phi) is 9.16. The molecule has 4 aliphatic rings. The maximum atomic E-state index is 14.7. The fraction of sp³-hybridized carbons (Fsp3) is 0.273. The molecule has 8 rings (SSSR count). The van der Waals surface area contributed by atoms with Gasteiger partial charge in [-0.05, 0) is 107 Å². The molecule has 4 aromatic rings. The van der Waals surface area contributed by atoms with Crippen LogP contribution in [0.3, 0.4) is 0 Å². The van der Waals surface area contributed by atoms with Gasteiger partial charge in [-0.25, -0.2) is 4.90 Å². The van der Waals surface area contributed by atoms with Crippen molar-refractivity contribution in [1.29, 1.82) is 0 Å². The number of phenolic OH excluding ortho intramolecular Hbond substituents is 1. The van der Waals surface area contributed by atoms with Crippen molar-refractivity contribution in [3.05, 3.63) is 118 Å². The number of hydrogen-bond acceptors (Lipinski definition) is 8. The van der Waals surface area contributed by atoms with Crippen LogP contribution in [0.5, 0.6) is 23.0 Å². The number of methoxy groups -OCH3 is 3. The van der Waals surface area contributed by atoms with Crippen molar-refractivity contribution in [2.75, 3.05) is 31.1 Å². The van der Waals surface area contributed by atoms with Gasteiger partial charge in [0.15, 0.2) is 11.5 Å². The summed E-state index contributed by atoms with van der Waals surface area (Å²) >= 11 is 3.46. The second kappa shape index (κ2) is 13.9. The quantitative estimate of drug-likeness (QED) is 0.109.